The van der Waals surface area contributed by atoms with E-state index in [4.69, 9.17) is 0 Å². The van der Waals surface area contributed by atoms with E-state index in [2.05, 4.69) is 83.1 Å². The minimum atomic E-state index is 0.503. The van der Waals surface area contributed by atoms with Crippen molar-refractivity contribution >= 4 is 17.0 Å². The molecule has 6 heteroatoms. The summed E-state index contributed by atoms with van der Waals surface area (Å²) in [5.41, 5.74) is 2.28. The van der Waals surface area contributed by atoms with Gasteiger partial charge in [0.1, 0.15) is 5.82 Å². The third-order valence-electron chi connectivity index (χ3n) is 4.90. The van der Waals surface area contributed by atoms with Crippen LogP contribution in [0.4, 0.5) is 0 Å². The summed E-state index contributed by atoms with van der Waals surface area (Å²) in [6.07, 6.45) is 2.19. The molecule has 0 saturated carbocycles. The number of hydrogen-bond acceptors (Lipinski definition) is 3. The zero-order valence-corrected chi connectivity index (χ0v) is 17.8. The van der Waals surface area contributed by atoms with Gasteiger partial charge < -0.3 is 20.1 Å². The van der Waals surface area contributed by atoms with Gasteiger partial charge in [-0.25, -0.2) is 4.98 Å². The molecular weight excluding hydrogens is 336 g/mol. The minimum absolute atomic E-state index is 0.503. The summed E-state index contributed by atoms with van der Waals surface area (Å²) in [5, 5.41) is 6.90. The highest BCUT2D eigenvalue weighted by Crippen LogP contribution is 2.15. The third-order valence-corrected chi connectivity index (χ3v) is 4.90. The van der Waals surface area contributed by atoms with Gasteiger partial charge in [0.15, 0.2) is 5.96 Å². The second-order valence-corrected chi connectivity index (χ2v) is 7.78. The van der Waals surface area contributed by atoms with Crippen LogP contribution in [0.25, 0.3) is 11.0 Å². The van der Waals surface area contributed by atoms with Crippen LogP contribution in [0.5, 0.6) is 0 Å². The molecule has 6 nitrogen and oxygen atoms in total. The highest BCUT2D eigenvalue weighted by molar-refractivity contribution is 5.79. The number of aromatic nitrogens is 2. The molecule has 2 rings (SSSR count). The maximum absolute atomic E-state index is 4.63. The van der Waals surface area contributed by atoms with E-state index in [0.29, 0.717) is 12.0 Å². The lowest BCUT2D eigenvalue weighted by Gasteiger charge is -2.27. The van der Waals surface area contributed by atoms with Crippen LogP contribution in [-0.4, -0.2) is 60.7 Å². The average molecular weight is 373 g/mol. The molecule has 0 radical (unpaired) electrons. The number of fused-ring (bicyclic) bond motifs is 1. The quantitative estimate of drug-likeness (QED) is 0.404. The molecule has 150 valence electrons. The standard InChI is InChI=1S/C21H36N6/c1-16(2)14-18(26(5)6)15-24-21(22-4)23-12-9-13-27-17(3)25-19-10-7-8-11-20(19)27/h7-8,10-11,16,18H,9,12-15H2,1-6H3,(H2,22,23,24). The second-order valence-electron chi connectivity index (χ2n) is 7.78. The molecule has 0 fully saturated rings. The molecule has 1 unspecified atom stereocenters. The van der Waals surface area contributed by atoms with Gasteiger partial charge in [-0.2, -0.15) is 0 Å². The van der Waals surface area contributed by atoms with E-state index in [0.717, 1.165) is 43.4 Å². The van der Waals surface area contributed by atoms with E-state index >= 15 is 0 Å². The van der Waals surface area contributed by atoms with Crippen molar-refractivity contribution < 1.29 is 0 Å². The van der Waals surface area contributed by atoms with Crippen molar-refractivity contribution in [2.24, 2.45) is 10.9 Å². The van der Waals surface area contributed by atoms with Crippen molar-refractivity contribution in [2.75, 3.05) is 34.2 Å². The van der Waals surface area contributed by atoms with Crippen LogP contribution < -0.4 is 10.6 Å². The molecule has 0 aliphatic rings. The maximum Gasteiger partial charge on any atom is 0.191 e. The Kier molecular flexibility index (Phi) is 8.10. The highest BCUT2D eigenvalue weighted by atomic mass is 15.2. The largest absolute Gasteiger partial charge is 0.356 e. The van der Waals surface area contributed by atoms with Gasteiger partial charge in [-0.15, -0.1) is 0 Å². The lowest BCUT2D eigenvalue weighted by Crippen LogP contribution is -2.45. The number of aliphatic imine (C=N–C) groups is 1. The zero-order chi connectivity index (χ0) is 19.8. The molecular formula is C21H36N6. The molecule has 1 aromatic carbocycles. The molecule has 0 aliphatic carbocycles. The Balaban J connectivity index is 1.80. The van der Waals surface area contributed by atoms with Gasteiger partial charge in [-0.1, -0.05) is 26.0 Å². The van der Waals surface area contributed by atoms with Gasteiger partial charge >= 0.3 is 0 Å². The molecule has 0 saturated heterocycles. The number of guanidine groups is 1. The van der Waals surface area contributed by atoms with Crippen molar-refractivity contribution in [3.63, 3.8) is 0 Å². The van der Waals surface area contributed by atoms with Crippen LogP contribution in [0.2, 0.25) is 0 Å². The van der Waals surface area contributed by atoms with Gasteiger partial charge in [0, 0.05) is 32.7 Å². The van der Waals surface area contributed by atoms with Crippen molar-refractivity contribution in [1.29, 1.82) is 0 Å². The van der Waals surface area contributed by atoms with E-state index in [1.165, 1.54) is 11.9 Å². The van der Waals surface area contributed by atoms with Crippen LogP contribution in [0.15, 0.2) is 29.3 Å². The third kappa shape index (κ3) is 6.24. The lowest BCUT2D eigenvalue weighted by atomic mass is 10.0. The summed E-state index contributed by atoms with van der Waals surface area (Å²) >= 11 is 0. The Bertz CT molecular complexity index is 731. The van der Waals surface area contributed by atoms with E-state index in [1.807, 2.05) is 13.1 Å². The highest BCUT2D eigenvalue weighted by Gasteiger charge is 2.13. The number of para-hydroxylation sites is 2. The first-order valence-corrected chi connectivity index (χ1v) is 9.95. The number of imidazole rings is 1. The van der Waals surface area contributed by atoms with Gasteiger partial charge in [0.25, 0.3) is 0 Å². The molecule has 2 N–H and O–H groups in total. The maximum atomic E-state index is 4.63. The van der Waals surface area contributed by atoms with Gasteiger partial charge in [-0.3, -0.25) is 4.99 Å². The Morgan fingerprint density at radius 3 is 2.63 bits per heavy atom. The van der Waals surface area contributed by atoms with Gasteiger partial charge in [0.2, 0.25) is 0 Å². The zero-order valence-electron chi connectivity index (χ0n) is 17.8. The van der Waals surface area contributed by atoms with Crippen molar-refractivity contribution in [3.05, 3.63) is 30.1 Å². The van der Waals surface area contributed by atoms with Crippen molar-refractivity contribution in [2.45, 2.75) is 46.2 Å². The fraction of sp³-hybridized carbons (Fsp3) is 0.619. The molecule has 27 heavy (non-hydrogen) atoms. The predicted molar refractivity (Wildman–Crippen MR) is 115 cm³/mol. The number of nitrogens with one attached hydrogen (secondary N) is 2. The number of hydrogen-bond donors (Lipinski definition) is 2. The predicted octanol–water partition coefficient (Wildman–Crippen LogP) is 2.88. The minimum Gasteiger partial charge on any atom is -0.356 e. The topological polar surface area (TPSA) is 57.5 Å². The summed E-state index contributed by atoms with van der Waals surface area (Å²) in [5.74, 6) is 2.63. The fourth-order valence-corrected chi connectivity index (χ4v) is 3.38. The summed E-state index contributed by atoms with van der Waals surface area (Å²) in [4.78, 5) is 11.3. The first-order chi connectivity index (χ1) is 12.9. The van der Waals surface area contributed by atoms with Gasteiger partial charge in [-0.05, 0) is 51.9 Å². The van der Waals surface area contributed by atoms with E-state index in [-0.39, 0.29) is 0 Å². The smallest absolute Gasteiger partial charge is 0.191 e. The average Bonchev–Trinajstić information content (AvgIpc) is 2.94. The first kappa shape index (κ1) is 21.2. The van der Waals surface area contributed by atoms with Crippen LogP contribution in [0.1, 0.15) is 32.5 Å². The summed E-state index contributed by atoms with van der Waals surface area (Å²) in [6.45, 7) is 9.34. The number of aryl methyl sites for hydroxylation is 2. The number of nitrogens with zero attached hydrogens (tertiary/aromatic N) is 4. The summed E-state index contributed by atoms with van der Waals surface area (Å²) < 4.78 is 2.29. The molecule has 0 amide bonds. The van der Waals surface area contributed by atoms with Crippen molar-refractivity contribution in [3.8, 4) is 0 Å². The second kappa shape index (κ2) is 10.3. The van der Waals surface area contributed by atoms with Crippen LogP contribution in [0, 0.1) is 12.8 Å². The fourth-order valence-electron chi connectivity index (χ4n) is 3.38. The van der Waals surface area contributed by atoms with Gasteiger partial charge in [0.05, 0.1) is 11.0 Å². The Labute approximate surface area is 164 Å². The molecule has 0 spiro atoms. The Morgan fingerprint density at radius 1 is 1.22 bits per heavy atom. The molecule has 1 atom stereocenters. The molecule has 2 aromatic rings. The Hall–Kier alpha value is -2.08. The normalized spacial score (nSPS) is 13.6. The van der Waals surface area contributed by atoms with Crippen LogP contribution in [0.3, 0.4) is 0 Å². The number of rotatable bonds is 9. The van der Waals surface area contributed by atoms with E-state index in [1.54, 1.807) is 0 Å². The SMILES string of the molecule is CN=C(NCCCn1c(C)nc2ccccc21)NCC(CC(C)C)N(C)C. The van der Waals surface area contributed by atoms with Crippen molar-refractivity contribution in [1.82, 2.24) is 25.1 Å². The lowest BCUT2D eigenvalue weighted by molar-refractivity contribution is 0.254. The molecule has 0 bridgehead atoms. The Morgan fingerprint density at radius 2 is 1.96 bits per heavy atom. The molecule has 0 aliphatic heterocycles. The monoisotopic (exact) mass is 372 g/mol. The summed E-state index contributed by atoms with van der Waals surface area (Å²) in [6, 6.07) is 8.82. The van der Waals surface area contributed by atoms with Crippen LogP contribution >= 0.6 is 0 Å². The number of benzene rings is 1. The molecule has 1 heterocycles. The van der Waals surface area contributed by atoms with Crippen LogP contribution in [-0.2, 0) is 6.54 Å². The number of likely N-dealkylation sites (N-methyl/N-ethyl adjacent to an activating group) is 1. The van der Waals surface area contributed by atoms with E-state index in [9.17, 15) is 0 Å². The first-order valence-electron chi connectivity index (χ1n) is 9.95. The summed E-state index contributed by atoms with van der Waals surface area (Å²) in [7, 11) is 6.11. The van der Waals surface area contributed by atoms with E-state index < -0.39 is 0 Å². The molecule has 1 aromatic heterocycles.